The summed E-state index contributed by atoms with van der Waals surface area (Å²) in [5.41, 5.74) is 2.51. The van der Waals surface area contributed by atoms with Crippen LogP contribution in [0.15, 0.2) is 67.0 Å². The number of methoxy groups -OCH3 is 1. The number of hydrogen-bond donors (Lipinski definition) is 0. The number of rotatable bonds is 6. The topological polar surface area (TPSA) is 78.6 Å². The second-order valence-corrected chi connectivity index (χ2v) is 7.55. The molecule has 3 aromatic heterocycles. The molecule has 33 heavy (non-hydrogen) atoms. The quantitative estimate of drug-likeness (QED) is 0.328. The van der Waals surface area contributed by atoms with Gasteiger partial charge in [-0.15, -0.1) is 10.2 Å². The summed E-state index contributed by atoms with van der Waals surface area (Å²) in [6, 6.07) is 15.2. The van der Waals surface area contributed by atoms with Crippen molar-refractivity contribution < 1.29 is 18.7 Å². The van der Waals surface area contributed by atoms with E-state index in [-0.39, 0.29) is 12.2 Å². The van der Waals surface area contributed by atoms with E-state index < -0.39 is 11.1 Å². The van der Waals surface area contributed by atoms with Gasteiger partial charge in [-0.1, -0.05) is 6.07 Å². The first-order chi connectivity index (χ1) is 16.0. The third kappa shape index (κ3) is 3.96. The van der Waals surface area contributed by atoms with E-state index in [1.807, 2.05) is 18.2 Å². The molecule has 0 unspecified atom stereocenters. The number of halogens is 2. The Bertz CT molecular complexity index is 1520. The minimum Gasteiger partial charge on any atom is -0.497 e. The van der Waals surface area contributed by atoms with Gasteiger partial charge in [0.25, 0.3) is 5.24 Å². The Morgan fingerprint density at radius 2 is 1.91 bits per heavy atom. The third-order valence-corrected chi connectivity index (χ3v) is 5.46. The molecule has 5 aromatic rings. The summed E-state index contributed by atoms with van der Waals surface area (Å²) < 4.78 is 27.3. The maximum absolute atomic E-state index is 14.2. The van der Waals surface area contributed by atoms with Crippen molar-refractivity contribution in [2.45, 2.75) is 6.61 Å². The van der Waals surface area contributed by atoms with Crippen molar-refractivity contribution >= 4 is 33.4 Å². The van der Waals surface area contributed by atoms with Crippen LogP contribution in [0.4, 0.5) is 4.39 Å². The molecule has 0 saturated carbocycles. The predicted octanol–water partition coefficient (Wildman–Crippen LogP) is 5.05. The highest BCUT2D eigenvalue weighted by molar-refractivity contribution is 6.67. The highest BCUT2D eigenvalue weighted by atomic mass is 35.5. The molecule has 0 aliphatic carbocycles. The Labute approximate surface area is 192 Å². The van der Waals surface area contributed by atoms with Crippen molar-refractivity contribution in [3.05, 3.63) is 84.2 Å². The zero-order valence-electron chi connectivity index (χ0n) is 17.3. The van der Waals surface area contributed by atoms with Crippen LogP contribution in [0.25, 0.3) is 27.7 Å². The Kier molecular flexibility index (Phi) is 5.35. The van der Waals surface area contributed by atoms with Gasteiger partial charge < -0.3 is 9.47 Å². The number of benzene rings is 2. The number of carbonyl (C=O) groups is 1. The molecule has 0 amide bonds. The van der Waals surface area contributed by atoms with E-state index in [4.69, 9.17) is 21.1 Å². The van der Waals surface area contributed by atoms with Crippen LogP contribution >= 0.6 is 11.6 Å². The van der Waals surface area contributed by atoms with Crippen LogP contribution in [0.5, 0.6) is 11.5 Å². The molecule has 9 heteroatoms. The first kappa shape index (κ1) is 20.8. The molecule has 0 atom stereocenters. The number of ether oxygens (including phenoxy) is 2. The number of fused-ring (bicyclic) bond motifs is 2. The third-order valence-electron chi connectivity index (χ3n) is 5.25. The van der Waals surface area contributed by atoms with Gasteiger partial charge in [0.05, 0.1) is 18.2 Å². The molecule has 0 N–H and O–H groups in total. The maximum atomic E-state index is 14.2. The summed E-state index contributed by atoms with van der Waals surface area (Å²) >= 11 is 5.40. The Morgan fingerprint density at radius 1 is 1.06 bits per heavy atom. The van der Waals surface area contributed by atoms with E-state index in [1.54, 1.807) is 48.2 Å². The number of nitrogens with zero attached hydrogens (tertiary/aromatic N) is 4. The molecule has 0 aliphatic heterocycles. The van der Waals surface area contributed by atoms with Gasteiger partial charge in [0.2, 0.25) is 0 Å². The molecule has 0 bridgehead atoms. The summed E-state index contributed by atoms with van der Waals surface area (Å²) in [4.78, 5) is 15.6. The predicted molar refractivity (Wildman–Crippen MR) is 121 cm³/mol. The van der Waals surface area contributed by atoms with E-state index in [2.05, 4.69) is 15.2 Å². The standard InChI is InChI=1S/C24H16ClFN4O3/c1-32-16-4-6-18-20(11-16)27-9-8-21(18)33-13-23-29-28-22-7-3-15(12-30(22)23)14-2-5-17(24(25)31)19(26)10-14/h2-12H,13H2,1H3. The van der Waals surface area contributed by atoms with E-state index in [9.17, 15) is 9.18 Å². The van der Waals surface area contributed by atoms with Gasteiger partial charge in [0.15, 0.2) is 11.5 Å². The fraction of sp³-hybridized carbons (Fsp3) is 0.0833. The van der Waals surface area contributed by atoms with E-state index >= 15 is 0 Å². The van der Waals surface area contributed by atoms with E-state index in [1.165, 1.54) is 12.1 Å². The van der Waals surface area contributed by atoms with Crippen LogP contribution in [-0.2, 0) is 6.61 Å². The minimum absolute atomic E-state index is 0.157. The number of carbonyl (C=O) groups excluding carboxylic acids is 1. The molecular weight excluding hydrogens is 447 g/mol. The second-order valence-electron chi connectivity index (χ2n) is 7.21. The molecule has 3 heterocycles. The van der Waals surface area contributed by atoms with Crippen molar-refractivity contribution in [2.75, 3.05) is 7.11 Å². The number of pyridine rings is 2. The largest absolute Gasteiger partial charge is 0.497 e. The van der Waals surface area contributed by atoms with Gasteiger partial charge in [-0.2, -0.15) is 0 Å². The van der Waals surface area contributed by atoms with Crippen molar-refractivity contribution in [3.63, 3.8) is 0 Å². The Balaban J connectivity index is 1.45. The lowest BCUT2D eigenvalue weighted by Crippen LogP contribution is -2.02. The van der Waals surface area contributed by atoms with Crippen molar-refractivity contribution in [3.8, 4) is 22.6 Å². The molecule has 7 nitrogen and oxygen atoms in total. The summed E-state index contributed by atoms with van der Waals surface area (Å²) in [5, 5.41) is 8.40. The fourth-order valence-electron chi connectivity index (χ4n) is 3.56. The maximum Gasteiger partial charge on any atom is 0.255 e. The zero-order chi connectivity index (χ0) is 22.9. The van der Waals surface area contributed by atoms with Crippen molar-refractivity contribution in [1.82, 2.24) is 19.6 Å². The van der Waals surface area contributed by atoms with Crippen LogP contribution in [0.1, 0.15) is 16.2 Å². The number of hydrogen-bond acceptors (Lipinski definition) is 6. The molecule has 2 aromatic carbocycles. The molecular formula is C24H16ClFN4O3. The van der Waals surface area contributed by atoms with Crippen LogP contribution in [0, 0.1) is 5.82 Å². The molecule has 0 radical (unpaired) electrons. The monoisotopic (exact) mass is 462 g/mol. The SMILES string of the molecule is COc1ccc2c(OCc3nnc4ccc(-c5ccc(C(=O)Cl)c(F)c5)cn34)ccnc2c1. The summed E-state index contributed by atoms with van der Waals surface area (Å²) in [6.07, 6.45) is 3.46. The highest BCUT2D eigenvalue weighted by Crippen LogP contribution is 2.28. The molecule has 0 aliphatic rings. The summed E-state index contributed by atoms with van der Waals surface area (Å²) in [5.74, 6) is 1.25. The second kappa shape index (κ2) is 8.48. The minimum atomic E-state index is -0.838. The molecule has 164 valence electrons. The van der Waals surface area contributed by atoms with Gasteiger partial charge in [-0.05, 0) is 65.2 Å². The molecule has 0 saturated heterocycles. The molecule has 0 fully saturated rings. The van der Waals surface area contributed by atoms with Crippen LogP contribution < -0.4 is 9.47 Å². The van der Waals surface area contributed by atoms with Crippen LogP contribution in [0.3, 0.4) is 0 Å². The van der Waals surface area contributed by atoms with Gasteiger partial charge in [0.1, 0.15) is 23.9 Å². The highest BCUT2D eigenvalue weighted by Gasteiger charge is 2.13. The smallest absolute Gasteiger partial charge is 0.255 e. The van der Waals surface area contributed by atoms with Crippen LogP contribution in [0.2, 0.25) is 0 Å². The first-order valence-electron chi connectivity index (χ1n) is 9.92. The van der Waals surface area contributed by atoms with Gasteiger partial charge in [-0.3, -0.25) is 14.2 Å². The fourth-order valence-corrected chi connectivity index (χ4v) is 3.71. The van der Waals surface area contributed by atoms with Crippen LogP contribution in [-0.4, -0.2) is 31.9 Å². The molecule has 0 spiro atoms. The average Bonchev–Trinajstić information content (AvgIpc) is 3.24. The average molecular weight is 463 g/mol. The zero-order valence-corrected chi connectivity index (χ0v) is 18.1. The van der Waals surface area contributed by atoms with Gasteiger partial charge >= 0.3 is 0 Å². The van der Waals surface area contributed by atoms with E-state index in [0.717, 1.165) is 16.5 Å². The van der Waals surface area contributed by atoms with E-state index in [0.29, 0.717) is 28.5 Å². The lowest BCUT2D eigenvalue weighted by molar-refractivity contribution is 0.107. The first-order valence-corrected chi connectivity index (χ1v) is 10.3. The molecule has 5 rings (SSSR count). The Morgan fingerprint density at radius 3 is 2.70 bits per heavy atom. The van der Waals surface area contributed by atoms with Gasteiger partial charge in [-0.25, -0.2) is 4.39 Å². The number of aromatic nitrogens is 4. The van der Waals surface area contributed by atoms with Crippen molar-refractivity contribution in [2.24, 2.45) is 0 Å². The lowest BCUT2D eigenvalue weighted by atomic mass is 10.1. The lowest BCUT2D eigenvalue weighted by Gasteiger charge is -2.10. The Hall–Kier alpha value is -4.04. The summed E-state index contributed by atoms with van der Waals surface area (Å²) in [6.45, 7) is 0.157. The van der Waals surface area contributed by atoms with Gasteiger partial charge in [0, 0.05) is 23.8 Å². The van der Waals surface area contributed by atoms with Crippen molar-refractivity contribution in [1.29, 1.82) is 0 Å². The summed E-state index contributed by atoms with van der Waals surface area (Å²) in [7, 11) is 1.60. The normalized spacial score (nSPS) is 11.1.